The molecule has 4 aromatic heterocycles. The Morgan fingerprint density at radius 2 is 0.590 bits per heavy atom. The summed E-state index contributed by atoms with van der Waals surface area (Å²) in [4.78, 5) is 17.0. The van der Waals surface area contributed by atoms with Gasteiger partial charge in [-0.1, -0.05) is 230 Å². The molecule has 0 bridgehead atoms. The Labute approximate surface area is 665 Å². The molecule has 0 saturated carbocycles. The molecule has 0 aliphatic rings. The Morgan fingerprint density at radius 1 is 0.260 bits per heavy atom. The van der Waals surface area contributed by atoms with Crippen LogP contribution in [-0.2, 0) is 40.2 Å². The monoisotopic (exact) mass is 1690 g/mol. The number of rotatable bonds is 10. The molecule has 0 fully saturated rings. The summed E-state index contributed by atoms with van der Waals surface area (Å²) in [5.41, 5.74) is 11.4. The van der Waals surface area contributed by atoms with E-state index < -0.39 is 68.5 Å². The normalized spacial score (nSPS) is 16.0. The van der Waals surface area contributed by atoms with Gasteiger partial charge in [-0.05, 0) is 192 Å². The molecule has 100 heavy (non-hydrogen) atoms. The first-order chi connectivity index (χ1) is 58.7. The minimum atomic E-state index is -2.65. The summed E-state index contributed by atoms with van der Waals surface area (Å²) in [5.74, 6) is 0. The third-order valence-electron chi connectivity index (χ3n) is 15.7. The fourth-order valence-electron chi connectivity index (χ4n) is 10.9. The number of hydrogen-bond acceptors (Lipinski definition) is 4. The molecule has 1 radical (unpaired) electrons. The zero-order valence-corrected chi connectivity index (χ0v) is 59.7. The van der Waals surface area contributed by atoms with Crippen LogP contribution in [0.4, 0.5) is 0 Å². The molecule has 10 aromatic carbocycles. The first kappa shape index (κ1) is 45.0. The van der Waals surface area contributed by atoms with Crippen LogP contribution in [0, 0.1) is 115 Å². The van der Waals surface area contributed by atoms with Crippen LogP contribution in [0.3, 0.4) is 0 Å². The molecule has 0 aliphatic heterocycles. The van der Waals surface area contributed by atoms with E-state index in [0.717, 1.165) is 40.2 Å². The van der Waals surface area contributed by atoms with Crippen LogP contribution < -0.4 is 0 Å². The van der Waals surface area contributed by atoms with Gasteiger partial charge in [-0.15, -0.1) is 94.5 Å². The largest absolute Gasteiger partial charge is 3.00 e. The summed E-state index contributed by atoms with van der Waals surface area (Å²) in [5, 5.41) is 0. The molecule has 0 amide bonds. The average molecular weight is 1690 g/mol. The quantitative estimate of drug-likeness (QED) is 0.128. The van der Waals surface area contributed by atoms with Crippen LogP contribution >= 0.6 is 0 Å². The van der Waals surface area contributed by atoms with E-state index in [9.17, 15) is 0 Å². The fraction of sp³-hybridized carbons (Fsp3) is 0.128. The number of aryl methyl sites for hydroxylation is 12. The van der Waals surface area contributed by atoms with Gasteiger partial charge in [0.2, 0.25) is 0 Å². The van der Waals surface area contributed by atoms with E-state index in [2.05, 4.69) is 38.1 Å². The molecule has 503 valence electrons. The van der Waals surface area contributed by atoms with Gasteiger partial charge in [0.15, 0.2) is 0 Å². The summed E-state index contributed by atoms with van der Waals surface area (Å²) in [6, 6.07) is 81.1. The zero-order chi connectivity index (χ0) is 92.2. The fourth-order valence-corrected chi connectivity index (χ4v) is 10.9. The van der Waals surface area contributed by atoms with Gasteiger partial charge in [0, 0.05) is 91.6 Å². The summed E-state index contributed by atoms with van der Waals surface area (Å²) >= 11 is 0. The van der Waals surface area contributed by atoms with E-state index in [-0.39, 0.29) is 122 Å². The second kappa shape index (κ2) is 36.3. The maximum Gasteiger partial charge on any atom is 3.00 e. The smallest absolute Gasteiger partial charge is 0.358 e. The number of hydrogen-bond donors (Lipinski definition) is 0. The van der Waals surface area contributed by atoms with Crippen molar-refractivity contribution in [2.75, 3.05) is 0 Å². The number of nitrogens with zero attached hydrogens (tertiary/aromatic N) is 4. The van der Waals surface area contributed by atoms with Gasteiger partial charge in [-0.2, -0.15) is 0 Å². The molecule has 4 nitrogen and oxygen atoms in total. The second-order valence-electron chi connectivity index (χ2n) is 22.3. The van der Waals surface area contributed by atoms with Crippen molar-refractivity contribution < 1.29 is 81.3 Å². The Balaban J connectivity index is 0.000000235. The molecule has 0 saturated heterocycles. The Kier molecular flexibility index (Phi) is 16.3. The summed E-state index contributed by atoms with van der Waals surface area (Å²) in [7, 11) is 0. The van der Waals surface area contributed by atoms with Crippen LogP contribution in [0.2, 0.25) is 0 Å². The first-order valence-corrected chi connectivity index (χ1v) is 30.4. The minimum absolute atomic E-state index is 0. The van der Waals surface area contributed by atoms with Gasteiger partial charge in [-0.25, -0.2) is 0 Å². The second-order valence-corrected chi connectivity index (χ2v) is 22.3. The average Bonchev–Trinajstić information content (AvgIpc) is 0.749. The number of pyridine rings is 4. The summed E-state index contributed by atoms with van der Waals surface area (Å²) < 4.78 is 236. The van der Waals surface area contributed by atoms with Crippen LogP contribution in [0.25, 0.3) is 112 Å². The molecular weight excluding hydrogens is 1570 g/mol. The van der Waals surface area contributed by atoms with Crippen molar-refractivity contribution in [2.45, 2.75) is 82.4 Å². The van der Waals surface area contributed by atoms with Crippen molar-refractivity contribution >= 4 is 0 Å². The topological polar surface area (TPSA) is 51.6 Å². The van der Waals surface area contributed by atoms with E-state index in [1.807, 2.05) is 147 Å². The van der Waals surface area contributed by atoms with Crippen molar-refractivity contribution in [3.63, 3.8) is 0 Å². The molecule has 6 heteroatoms. The Hall–Kier alpha value is -9.90. The van der Waals surface area contributed by atoms with Crippen molar-refractivity contribution in [1.29, 1.82) is 0 Å². The first-order valence-electron chi connectivity index (χ1n) is 45.4. The Bertz CT molecular complexity index is 5790. The van der Waals surface area contributed by atoms with Gasteiger partial charge in [0.25, 0.3) is 0 Å². The summed E-state index contributed by atoms with van der Waals surface area (Å²) in [6.07, 6.45) is 4.75. The molecule has 14 rings (SSSR count). The third kappa shape index (κ3) is 18.9. The predicted molar refractivity (Wildman–Crippen MR) is 417 cm³/mol. The molecular formula is C94H87Ir2N4-2. The molecule has 14 aromatic rings. The molecule has 0 aliphatic carbocycles. The minimum Gasteiger partial charge on any atom is -0.358 e. The van der Waals surface area contributed by atoms with Crippen molar-refractivity contribution in [1.82, 2.24) is 19.9 Å². The van der Waals surface area contributed by atoms with Gasteiger partial charge in [0.05, 0.1) is 5.69 Å². The maximum absolute atomic E-state index is 8.24. The van der Waals surface area contributed by atoms with Gasteiger partial charge < -0.3 is 29.8 Å². The van der Waals surface area contributed by atoms with E-state index in [1.165, 1.54) is 36.7 Å². The molecule has 0 spiro atoms. The maximum atomic E-state index is 8.24. The standard InChI is InChI=1S/C26H23N.C26H22N.2C20H18N.2CH3.2Ir/c2*1-18-14-23(21-10-6-4-7-11-21)15-19(2)26(18)24-16-25(27-17-20(24)3)22-12-8-5-9-13-22;2*1-14-9-10-18(20-11-15(2)16(3)13-21-20)12-19(14)17-7-5-4-6-8-17;;;;/h4-17H,1-3H3;4-12,14-17H,1-3H3;2*4-9,11-13H,1-3H3;2*1H3;;/q;5*-1;;+3/i2*1D3,3D3;2*1D3,2D3,3D3;;;;. The molecule has 0 N–H and O–H groups in total. The SMILES string of the molecule is [2H]C([2H])([2H])c1c[c-]c(-c2cc(C([2H])([2H])[2H])c(C([2H])([2H])[2H])cn2)cc1-c1ccccc1.[2H]C([2H])([2H])c1c[c-]c(-c2cc(C([2H])([2H])[2H])c(C([2H])([2H])[2H])cn2)cc1-c1ccccc1.[2H]C([2H])([2H])c1cnc(-c2[c-]cccc2)cc1-c1c(C)cc(-c2ccccc2)cc1C([2H])([2H])[2H].[2H]C([2H])([2H])c1cnc(-c2ccccc2)cc1-c1c(C)cc(-c2ccccc2)cc1C([2H])([2H])[2H].[CH3-].[CH3-].[Ir+3].[Ir]. The Morgan fingerprint density at radius 3 is 0.970 bits per heavy atom. The third-order valence-corrected chi connectivity index (χ3v) is 15.7. The molecule has 4 heterocycles. The molecule has 0 unspecified atom stereocenters. The summed E-state index contributed by atoms with van der Waals surface area (Å²) in [6.45, 7) is -21.5. The zero-order valence-electron chi connectivity index (χ0n) is 84.9. The van der Waals surface area contributed by atoms with Gasteiger partial charge >= 0.3 is 20.1 Å². The van der Waals surface area contributed by atoms with Crippen molar-refractivity contribution in [2.24, 2.45) is 0 Å². The van der Waals surface area contributed by atoms with E-state index in [1.54, 1.807) is 91.0 Å². The van der Waals surface area contributed by atoms with Crippen LogP contribution in [0.5, 0.6) is 0 Å². The van der Waals surface area contributed by atoms with E-state index in [4.69, 9.17) is 41.1 Å². The van der Waals surface area contributed by atoms with Crippen molar-refractivity contribution in [3.05, 3.63) is 373 Å². The van der Waals surface area contributed by atoms with Gasteiger partial charge in [0.1, 0.15) is 0 Å². The van der Waals surface area contributed by atoms with Crippen molar-refractivity contribution in [3.8, 4) is 112 Å². The van der Waals surface area contributed by atoms with E-state index in [0.29, 0.717) is 83.7 Å². The van der Waals surface area contributed by atoms with Crippen LogP contribution in [-0.4, -0.2) is 19.9 Å². The van der Waals surface area contributed by atoms with Gasteiger partial charge in [-0.3, -0.25) is 4.98 Å². The number of aromatic nitrogens is 4. The number of benzene rings is 10. The molecule has 0 atom stereocenters. The predicted octanol–water partition coefficient (Wildman–Crippen LogP) is 25.0. The van der Waals surface area contributed by atoms with E-state index >= 15 is 0 Å². The van der Waals surface area contributed by atoms with Crippen LogP contribution in [0.1, 0.15) is 108 Å². The van der Waals surface area contributed by atoms with Crippen LogP contribution in [0.15, 0.2) is 274 Å².